The number of nitrogens with zero attached hydrogens (tertiary/aromatic N) is 1. The van der Waals surface area contributed by atoms with Crippen LogP contribution in [0, 0.1) is 0 Å². The summed E-state index contributed by atoms with van der Waals surface area (Å²) in [6.07, 6.45) is 0. The molecule has 0 aromatic heterocycles. The number of anilines is 1. The van der Waals surface area contributed by atoms with Gasteiger partial charge in [-0.15, -0.1) is 11.6 Å². The maximum atomic E-state index is 12.0. The number of alkyl halides is 1. The molecule has 4 nitrogen and oxygen atoms in total. The van der Waals surface area contributed by atoms with Crippen molar-refractivity contribution in [1.29, 1.82) is 0 Å². The van der Waals surface area contributed by atoms with Crippen molar-refractivity contribution < 1.29 is 14.3 Å². The molecule has 1 aliphatic rings. The highest BCUT2D eigenvalue weighted by atomic mass is 35.5. The second-order valence-electron chi connectivity index (χ2n) is 4.58. The van der Waals surface area contributed by atoms with Crippen LogP contribution in [0.2, 0.25) is 0 Å². The lowest BCUT2D eigenvalue weighted by Gasteiger charge is -2.42. The summed E-state index contributed by atoms with van der Waals surface area (Å²) in [5.74, 6) is -0.782. The standard InChI is InChI=1S/C15H12ClNO3/c1-20-15(19)13-12(16)14(18)17(13)11-8-4-6-9-5-2-3-7-10(9)11/h2-8,12-13H,1H3/t12-,13-/m1/s1. The number of halogens is 1. The van der Waals surface area contributed by atoms with Gasteiger partial charge in [0.1, 0.15) is 5.38 Å². The van der Waals surface area contributed by atoms with Crippen molar-refractivity contribution >= 4 is 39.9 Å². The molecule has 2 aromatic carbocycles. The van der Waals surface area contributed by atoms with Crippen LogP contribution < -0.4 is 4.90 Å². The fraction of sp³-hybridized carbons (Fsp3) is 0.200. The van der Waals surface area contributed by atoms with Crippen LogP contribution in [0.25, 0.3) is 10.8 Å². The summed E-state index contributed by atoms with van der Waals surface area (Å²) in [5, 5.41) is 1.04. The second kappa shape index (κ2) is 4.80. The molecule has 1 heterocycles. The smallest absolute Gasteiger partial charge is 0.331 e. The third kappa shape index (κ3) is 1.76. The molecule has 1 aliphatic heterocycles. The van der Waals surface area contributed by atoms with Crippen molar-refractivity contribution in [1.82, 2.24) is 0 Å². The van der Waals surface area contributed by atoms with Gasteiger partial charge in [-0.1, -0.05) is 36.4 Å². The first-order valence-electron chi connectivity index (χ1n) is 6.18. The largest absolute Gasteiger partial charge is 0.467 e. The Morgan fingerprint density at radius 2 is 1.90 bits per heavy atom. The minimum Gasteiger partial charge on any atom is -0.467 e. The predicted molar refractivity (Wildman–Crippen MR) is 76.9 cm³/mol. The monoisotopic (exact) mass is 289 g/mol. The molecule has 2 aromatic rings. The van der Waals surface area contributed by atoms with Gasteiger partial charge >= 0.3 is 5.97 Å². The van der Waals surface area contributed by atoms with Crippen molar-refractivity contribution in [2.75, 3.05) is 12.0 Å². The normalized spacial score (nSPS) is 21.7. The van der Waals surface area contributed by atoms with Gasteiger partial charge in [-0.2, -0.15) is 0 Å². The third-order valence-electron chi connectivity index (χ3n) is 3.50. The van der Waals surface area contributed by atoms with E-state index in [1.807, 2.05) is 36.4 Å². The van der Waals surface area contributed by atoms with Gasteiger partial charge in [0.15, 0.2) is 6.04 Å². The Hall–Kier alpha value is -2.07. The lowest BCUT2D eigenvalue weighted by molar-refractivity contribution is -0.147. The van der Waals surface area contributed by atoms with E-state index in [1.165, 1.54) is 12.0 Å². The topological polar surface area (TPSA) is 46.6 Å². The number of carbonyl (C=O) groups is 2. The zero-order chi connectivity index (χ0) is 14.3. The summed E-state index contributed by atoms with van der Waals surface area (Å²) in [6, 6.07) is 12.5. The van der Waals surface area contributed by atoms with Gasteiger partial charge in [0.05, 0.1) is 12.8 Å². The number of hydrogen-bond donors (Lipinski definition) is 0. The molecule has 0 saturated carbocycles. The van der Waals surface area contributed by atoms with Gasteiger partial charge in [-0.05, 0) is 11.5 Å². The predicted octanol–water partition coefficient (Wildman–Crippen LogP) is 2.34. The lowest BCUT2D eigenvalue weighted by atomic mass is 9.97. The highest BCUT2D eigenvalue weighted by Crippen LogP contribution is 2.36. The van der Waals surface area contributed by atoms with E-state index in [0.29, 0.717) is 5.69 Å². The quantitative estimate of drug-likeness (QED) is 0.484. The van der Waals surface area contributed by atoms with E-state index in [2.05, 4.69) is 0 Å². The van der Waals surface area contributed by atoms with Gasteiger partial charge in [0.25, 0.3) is 0 Å². The number of β-lactam (4-membered cyclic amide) rings is 1. The number of amides is 1. The highest BCUT2D eigenvalue weighted by molar-refractivity contribution is 6.40. The summed E-state index contributed by atoms with van der Waals surface area (Å²) >= 11 is 5.94. The van der Waals surface area contributed by atoms with E-state index in [0.717, 1.165) is 10.8 Å². The molecule has 2 atom stereocenters. The van der Waals surface area contributed by atoms with E-state index < -0.39 is 17.4 Å². The van der Waals surface area contributed by atoms with Crippen LogP contribution in [0.4, 0.5) is 5.69 Å². The van der Waals surface area contributed by atoms with Crippen molar-refractivity contribution in [3.05, 3.63) is 42.5 Å². The number of benzene rings is 2. The van der Waals surface area contributed by atoms with Crippen molar-refractivity contribution in [3.63, 3.8) is 0 Å². The Morgan fingerprint density at radius 1 is 1.20 bits per heavy atom. The first-order valence-corrected chi connectivity index (χ1v) is 6.61. The molecule has 1 fully saturated rings. The van der Waals surface area contributed by atoms with E-state index >= 15 is 0 Å². The Morgan fingerprint density at radius 3 is 2.65 bits per heavy atom. The van der Waals surface area contributed by atoms with Crippen LogP contribution in [0.1, 0.15) is 0 Å². The number of ether oxygens (including phenoxy) is 1. The molecule has 0 unspecified atom stereocenters. The number of esters is 1. The van der Waals surface area contributed by atoms with Crippen molar-refractivity contribution in [3.8, 4) is 0 Å². The van der Waals surface area contributed by atoms with Crippen molar-refractivity contribution in [2.45, 2.75) is 11.4 Å². The van der Waals surface area contributed by atoms with Gasteiger partial charge in [0.2, 0.25) is 5.91 Å². The minimum atomic E-state index is -0.860. The molecule has 0 aliphatic carbocycles. The minimum absolute atomic E-state index is 0.279. The zero-order valence-corrected chi connectivity index (χ0v) is 11.5. The molecular formula is C15H12ClNO3. The molecule has 20 heavy (non-hydrogen) atoms. The Bertz CT molecular complexity index is 695. The SMILES string of the molecule is COC(=O)[C@H]1[C@@H](Cl)C(=O)N1c1cccc2ccccc12. The fourth-order valence-corrected chi connectivity index (χ4v) is 2.81. The van der Waals surface area contributed by atoms with Gasteiger partial charge in [0, 0.05) is 5.39 Å². The molecule has 0 bridgehead atoms. The van der Waals surface area contributed by atoms with E-state index in [-0.39, 0.29) is 5.91 Å². The molecule has 1 amide bonds. The van der Waals surface area contributed by atoms with Gasteiger partial charge < -0.3 is 4.74 Å². The van der Waals surface area contributed by atoms with E-state index in [1.54, 1.807) is 6.07 Å². The first-order chi connectivity index (χ1) is 9.65. The first kappa shape index (κ1) is 12.9. The van der Waals surface area contributed by atoms with Crippen LogP contribution in [0.5, 0.6) is 0 Å². The fourth-order valence-electron chi connectivity index (χ4n) is 2.49. The Kier molecular flexibility index (Phi) is 3.10. The van der Waals surface area contributed by atoms with Crippen LogP contribution in [0.15, 0.2) is 42.5 Å². The maximum absolute atomic E-state index is 12.0. The van der Waals surface area contributed by atoms with Gasteiger partial charge in [-0.3, -0.25) is 9.69 Å². The average molecular weight is 290 g/mol. The summed E-state index contributed by atoms with van der Waals surface area (Å²) < 4.78 is 4.72. The zero-order valence-electron chi connectivity index (χ0n) is 10.7. The molecule has 3 rings (SSSR count). The molecule has 1 saturated heterocycles. The number of methoxy groups -OCH3 is 1. The second-order valence-corrected chi connectivity index (χ2v) is 5.05. The van der Waals surface area contributed by atoms with Crippen LogP contribution in [0.3, 0.4) is 0 Å². The maximum Gasteiger partial charge on any atom is 0.331 e. The summed E-state index contributed by atoms with van der Waals surface area (Å²) in [6.45, 7) is 0. The Labute approximate surface area is 120 Å². The molecule has 102 valence electrons. The molecule has 0 spiro atoms. The Balaban J connectivity index is 2.10. The molecule has 0 radical (unpaired) electrons. The summed E-state index contributed by atoms with van der Waals surface area (Å²) in [7, 11) is 1.29. The number of hydrogen-bond acceptors (Lipinski definition) is 3. The molecule has 0 N–H and O–H groups in total. The summed E-state index contributed by atoms with van der Waals surface area (Å²) in [5.41, 5.74) is 0.681. The highest BCUT2D eigenvalue weighted by Gasteiger charge is 2.52. The van der Waals surface area contributed by atoms with Gasteiger partial charge in [-0.25, -0.2) is 4.79 Å². The molecular weight excluding hydrogens is 278 g/mol. The van der Waals surface area contributed by atoms with Crippen LogP contribution >= 0.6 is 11.6 Å². The summed E-state index contributed by atoms with van der Waals surface area (Å²) in [4.78, 5) is 25.2. The number of rotatable bonds is 2. The van der Waals surface area contributed by atoms with Crippen LogP contribution in [-0.2, 0) is 14.3 Å². The number of fused-ring (bicyclic) bond motifs is 1. The third-order valence-corrected chi connectivity index (χ3v) is 3.92. The lowest BCUT2D eigenvalue weighted by Crippen LogP contribution is -2.66. The molecule has 5 heteroatoms. The van der Waals surface area contributed by atoms with Crippen molar-refractivity contribution in [2.24, 2.45) is 0 Å². The van der Waals surface area contributed by atoms with Crippen LogP contribution in [-0.4, -0.2) is 30.4 Å². The van der Waals surface area contributed by atoms with E-state index in [4.69, 9.17) is 16.3 Å². The van der Waals surface area contributed by atoms with E-state index in [9.17, 15) is 9.59 Å². The number of carbonyl (C=O) groups excluding carboxylic acids is 2. The average Bonchev–Trinajstić information content (AvgIpc) is 2.50.